The summed E-state index contributed by atoms with van der Waals surface area (Å²) in [6.07, 6.45) is 16.0. The van der Waals surface area contributed by atoms with Crippen LogP contribution in [0.15, 0.2) is 47.6 Å². The molecule has 0 bridgehead atoms. The highest BCUT2D eigenvalue weighted by Gasteiger charge is 2.41. The van der Waals surface area contributed by atoms with Gasteiger partial charge in [-0.15, -0.1) is 0 Å². The third-order valence-electron chi connectivity index (χ3n) is 4.79. The van der Waals surface area contributed by atoms with Gasteiger partial charge in [0, 0.05) is 0 Å². The molecule has 0 aromatic heterocycles. The largest absolute Gasteiger partial charge is 0.0800 e. The SMILES string of the molecule is CC1=CC2CC3C=C(C(C)(C)C)C=CC3C2C=C1. The van der Waals surface area contributed by atoms with Crippen LogP contribution in [-0.4, -0.2) is 0 Å². The fourth-order valence-corrected chi connectivity index (χ4v) is 3.76. The van der Waals surface area contributed by atoms with Crippen LogP contribution < -0.4 is 0 Å². The van der Waals surface area contributed by atoms with Crippen molar-refractivity contribution in [1.82, 2.24) is 0 Å². The van der Waals surface area contributed by atoms with Gasteiger partial charge in [0.15, 0.2) is 0 Å². The summed E-state index contributed by atoms with van der Waals surface area (Å²) in [6, 6.07) is 0. The molecule has 0 amide bonds. The zero-order valence-corrected chi connectivity index (χ0v) is 12.0. The first-order valence-corrected chi connectivity index (χ1v) is 7.22. The number of fused-ring (bicyclic) bond motifs is 3. The minimum Gasteiger partial charge on any atom is -0.0800 e. The van der Waals surface area contributed by atoms with Crippen molar-refractivity contribution in [3.8, 4) is 0 Å². The predicted octanol–water partition coefficient (Wildman–Crippen LogP) is 4.91. The van der Waals surface area contributed by atoms with Gasteiger partial charge in [0.25, 0.3) is 0 Å². The van der Waals surface area contributed by atoms with Gasteiger partial charge in [-0.1, -0.05) is 62.8 Å². The Kier molecular flexibility index (Phi) is 2.66. The summed E-state index contributed by atoms with van der Waals surface area (Å²) in [5, 5.41) is 0. The second kappa shape index (κ2) is 3.98. The molecule has 3 aliphatic carbocycles. The number of hydrogen-bond donors (Lipinski definition) is 0. The molecule has 3 rings (SSSR count). The van der Waals surface area contributed by atoms with E-state index in [4.69, 9.17) is 0 Å². The highest BCUT2D eigenvalue weighted by molar-refractivity contribution is 5.35. The zero-order chi connectivity index (χ0) is 12.9. The Bertz CT molecular complexity index is 465. The van der Waals surface area contributed by atoms with Crippen molar-refractivity contribution in [1.29, 1.82) is 0 Å². The Morgan fingerprint density at radius 1 is 0.944 bits per heavy atom. The quantitative estimate of drug-likeness (QED) is 0.564. The highest BCUT2D eigenvalue weighted by atomic mass is 14.4. The molecule has 0 heterocycles. The van der Waals surface area contributed by atoms with E-state index in [-0.39, 0.29) is 5.41 Å². The number of hydrogen-bond acceptors (Lipinski definition) is 0. The molecule has 0 saturated heterocycles. The van der Waals surface area contributed by atoms with Crippen molar-refractivity contribution >= 4 is 0 Å². The van der Waals surface area contributed by atoms with Crippen molar-refractivity contribution < 1.29 is 0 Å². The van der Waals surface area contributed by atoms with Crippen LogP contribution >= 0.6 is 0 Å². The van der Waals surface area contributed by atoms with E-state index in [0.29, 0.717) is 0 Å². The molecule has 0 nitrogen and oxygen atoms in total. The van der Waals surface area contributed by atoms with Crippen LogP contribution in [0.1, 0.15) is 34.1 Å². The summed E-state index contributed by atoms with van der Waals surface area (Å²) in [7, 11) is 0. The average Bonchev–Trinajstić information content (AvgIpc) is 2.63. The van der Waals surface area contributed by atoms with Gasteiger partial charge < -0.3 is 0 Å². The lowest BCUT2D eigenvalue weighted by atomic mass is 9.76. The third-order valence-corrected chi connectivity index (χ3v) is 4.79. The molecule has 0 aromatic carbocycles. The van der Waals surface area contributed by atoms with Gasteiger partial charge in [-0.3, -0.25) is 0 Å². The maximum atomic E-state index is 2.56. The van der Waals surface area contributed by atoms with Gasteiger partial charge >= 0.3 is 0 Å². The molecule has 4 unspecified atom stereocenters. The molecule has 1 fully saturated rings. The molecule has 0 aromatic rings. The molecule has 0 aliphatic heterocycles. The van der Waals surface area contributed by atoms with Crippen molar-refractivity contribution in [2.45, 2.75) is 34.1 Å². The summed E-state index contributed by atoms with van der Waals surface area (Å²) in [4.78, 5) is 0. The van der Waals surface area contributed by atoms with Crippen LogP contribution in [0, 0.1) is 29.1 Å². The topological polar surface area (TPSA) is 0 Å². The van der Waals surface area contributed by atoms with Crippen LogP contribution in [0.25, 0.3) is 0 Å². The van der Waals surface area contributed by atoms with E-state index < -0.39 is 0 Å². The Balaban J connectivity index is 1.88. The van der Waals surface area contributed by atoms with Gasteiger partial charge in [0.2, 0.25) is 0 Å². The molecule has 0 radical (unpaired) electrons. The summed E-state index contributed by atoms with van der Waals surface area (Å²) in [5.41, 5.74) is 3.25. The van der Waals surface area contributed by atoms with Crippen molar-refractivity contribution in [2.75, 3.05) is 0 Å². The smallest absolute Gasteiger partial charge is 0.00981 e. The lowest BCUT2D eigenvalue weighted by molar-refractivity contribution is 0.442. The van der Waals surface area contributed by atoms with Crippen molar-refractivity contribution in [2.24, 2.45) is 29.1 Å². The van der Waals surface area contributed by atoms with Crippen molar-refractivity contribution in [3.05, 3.63) is 47.6 Å². The molecule has 0 spiro atoms. The Labute approximate surface area is 111 Å². The second-order valence-corrected chi connectivity index (χ2v) is 7.22. The molecule has 1 saturated carbocycles. The van der Waals surface area contributed by atoms with Gasteiger partial charge in [0.1, 0.15) is 0 Å². The van der Waals surface area contributed by atoms with E-state index in [9.17, 15) is 0 Å². The molecule has 18 heavy (non-hydrogen) atoms. The number of rotatable bonds is 0. The minimum absolute atomic E-state index is 0.289. The molecule has 0 N–H and O–H groups in total. The van der Waals surface area contributed by atoms with Gasteiger partial charge in [-0.05, 0) is 48.0 Å². The van der Waals surface area contributed by atoms with Crippen LogP contribution in [0.4, 0.5) is 0 Å². The van der Waals surface area contributed by atoms with E-state index in [1.165, 1.54) is 17.6 Å². The van der Waals surface area contributed by atoms with Crippen molar-refractivity contribution in [3.63, 3.8) is 0 Å². The number of allylic oxidation sites excluding steroid dienone is 8. The lowest BCUT2D eigenvalue weighted by Gasteiger charge is -2.29. The standard InChI is InChI=1S/C18H24/c1-12-5-7-16-13(9-12)10-14-11-15(18(2,3)4)6-8-17(14)16/h5-9,11,13-14,16-17H,10H2,1-4H3. The average molecular weight is 240 g/mol. The predicted molar refractivity (Wildman–Crippen MR) is 78.2 cm³/mol. The summed E-state index contributed by atoms with van der Waals surface area (Å²) in [6.45, 7) is 9.17. The Hall–Kier alpha value is -1.04. The third kappa shape index (κ3) is 1.92. The van der Waals surface area contributed by atoms with E-state index in [0.717, 1.165) is 23.7 Å². The fourth-order valence-electron chi connectivity index (χ4n) is 3.76. The van der Waals surface area contributed by atoms with Gasteiger partial charge in [0.05, 0.1) is 0 Å². The molecular formula is C18H24. The van der Waals surface area contributed by atoms with E-state index in [2.05, 4.69) is 64.2 Å². The van der Waals surface area contributed by atoms with Crippen LogP contribution in [0.5, 0.6) is 0 Å². The van der Waals surface area contributed by atoms with Gasteiger partial charge in [-0.2, -0.15) is 0 Å². The lowest BCUT2D eigenvalue weighted by Crippen LogP contribution is -2.19. The van der Waals surface area contributed by atoms with Gasteiger partial charge in [-0.25, -0.2) is 0 Å². The minimum atomic E-state index is 0.289. The van der Waals surface area contributed by atoms with E-state index >= 15 is 0 Å². The first kappa shape index (κ1) is 12.0. The summed E-state index contributed by atoms with van der Waals surface area (Å²) >= 11 is 0. The molecule has 4 atom stereocenters. The monoisotopic (exact) mass is 240 g/mol. The van der Waals surface area contributed by atoms with E-state index in [1.54, 1.807) is 0 Å². The Morgan fingerprint density at radius 2 is 1.56 bits per heavy atom. The zero-order valence-electron chi connectivity index (χ0n) is 12.0. The van der Waals surface area contributed by atoms with Crippen LogP contribution in [-0.2, 0) is 0 Å². The molecule has 96 valence electrons. The van der Waals surface area contributed by atoms with E-state index in [1.807, 2.05) is 0 Å². The maximum absolute atomic E-state index is 2.56. The first-order valence-electron chi connectivity index (χ1n) is 7.22. The summed E-state index contributed by atoms with van der Waals surface area (Å²) < 4.78 is 0. The van der Waals surface area contributed by atoms with Crippen LogP contribution in [0.2, 0.25) is 0 Å². The maximum Gasteiger partial charge on any atom is -0.00981 e. The first-order chi connectivity index (χ1) is 8.45. The highest BCUT2D eigenvalue weighted by Crippen LogP contribution is 2.49. The summed E-state index contributed by atoms with van der Waals surface area (Å²) in [5.74, 6) is 3.01. The fraction of sp³-hybridized carbons (Fsp3) is 0.556. The molecular weight excluding hydrogens is 216 g/mol. The van der Waals surface area contributed by atoms with Crippen LogP contribution in [0.3, 0.4) is 0 Å². The Morgan fingerprint density at radius 3 is 2.22 bits per heavy atom. The molecule has 0 heteroatoms. The second-order valence-electron chi connectivity index (χ2n) is 7.22. The normalized spacial score (nSPS) is 38.0. The molecule has 3 aliphatic rings.